The van der Waals surface area contributed by atoms with Crippen molar-refractivity contribution < 1.29 is 14.3 Å². The van der Waals surface area contributed by atoms with Crippen LogP contribution in [0.5, 0.6) is 0 Å². The van der Waals surface area contributed by atoms with Crippen molar-refractivity contribution in [1.29, 1.82) is 0 Å². The van der Waals surface area contributed by atoms with Gasteiger partial charge < -0.3 is 9.64 Å². The predicted octanol–water partition coefficient (Wildman–Crippen LogP) is 3.73. The van der Waals surface area contributed by atoms with E-state index in [1.807, 2.05) is 11.0 Å². The molecule has 126 valence electrons. The van der Waals surface area contributed by atoms with Crippen LogP contribution in [0, 0.1) is 5.92 Å². The third-order valence-electron chi connectivity index (χ3n) is 4.08. The van der Waals surface area contributed by atoms with Crippen molar-refractivity contribution in [3.63, 3.8) is 0 Å². The molecule has 1 aliphatic heterocycles. The molecule has 4 nitrogen and oxygen atoms in total. The highest BCUT2D eigenvalue weighted by Gasteiger charge is 2.27. The number of piperidine rings is 1. The monoisotopic (exact) mass is 357 g/mol. The molecule has 1 aromatic rings. The number of amides is 1. The van der Waals surface area contributed by atoms with Crippen LogP contribution in [0.2, 0.25) is 10.0 Å². The maximum Gasteiger partial charge on any atom is 0.309 e. The van der Waals surface area contributed by atoms with Gasteiger partial charge in [-0.25, -0.2) is 0 Å². The van der Waals surface area contributed by atoms with Gasteiger partial charge in [0.15, 0.2) is 0 Å². The number of hydrogen-bond donors (Lipinski definition) is 0. The minimum atomic E-state index is -0.143. The highest BCUT2D eigenvalue weighted by Crippen LogP contribution is 2.24. The SMILES string of the molecule is CCOC(=O)C1CCN(C(=O)CCc2ccc(Cl)c(Cl)c2)CC1. The zero-order valence-electron chi connectivity index (χ0n) is 13.2. The summed E-state index contributed by atoms with van der Waals surface area (Å²) in [5, 5.41) is 1.02. The average Bonchev–Trinajstić information content (AvgIpc) is 2.56. The number of benzene rings is 1. The lowest BCUT2D eigenvalue weighted by atomic mass is 9.96. The van der Waals surface area contributed by atoms with E-state index < -0.39 is 0 Å². The second-order valence-electron chi connectivity index (χ2n) is 5.66. The number of ether oxygens (including phenoxy) is 1. The molecule has 6 heteroatoms. The standard InChI is InChI=1S/C17H21Cl2NO3/c1-2-23-17(22)13-7-9-20(10-8-13)16(21)6-4-12-3-5-14(18)15(19)11-12/h3,5,11,13H,2,4,6-10H2,1H3. The third-order valence-corrected chi connectivity index (χ3v) is 4.82. The molecule has 0 unspecified atom stereocenters. The maximum absolute atomic E-state index is 12.3. The van der Waals surface area contributed by atoms with Gasteiger partial charge in [-0.15, -0.1) is 0 Å². The van der Waals surface area contributed by atoms with Gasteiger partial charge in [-0.1, -0.05) is 29.3 Å². The molecule has 1 aromatic carbocycles. The van der Waals surface area contributed by atoms with Crippen LogP contribution in [0.15, 0.2) is 18.2 Å². The van der Waals surface area contributed by atoms with E-state index in [9.17, 15) is 9.59 Å². The van der Waals surface area contributed by atoms with Crippen LogP contribution in [-0.4, -0.2) is 36.5 Å². The van der Waals surface area contributed by atoms with E-state index in [1.165, 1.54) is 0 Å². The average molecular weight is 358 g/mol. The lowest BCUT2D eigenvalue weighted by molar-refractivity contribution is -0.151. The van der Waals surface area contributed by atoms with Crippen LogP contribution in [0.4, 0.5) is 0 Å². The van der Waals surface area contributed by atoms with Crippen LogP contribution in [0.1, 0.15) is 31.7 Å². The number of aryl methyl sites for hydroxylation is 1. The third kappa shape index (κ3) is 5.11. The minimum absolute atomic E-state index is 0.0749. The molecule has 0 aliphatic carbocycles. The molecule has 1 aliphatic rings. The Morgan fingerprint density at radius 2 is 1.91 bits per heavy atom. The van der Waals surface area contributed by atoms with Crippen molar-refractivity contribution in [2.45, 2.75) is 32.6 Å². The quantitative estimate of drug-likeness (QED) is 0.754. The van der Waals surface area contributed by atoms with Crippen molar-refractivity contribution >= 4 is 35.1 Å². The molecule has 1 saturated heterocycles. The van der Waals surface area contributed by atoms with Crippen molar-refractivity contribution in [2.24, 2.45) is 5.92 Å². The molecule has 0 bridgehead atoms. The van der Waals surface area contributed by atoms with Crippen molar-refractivity contribution in [3.8, 4) is 0 Å². The Kier molecular flexibility index (Phi) is 6.72. The van der Waals surface area contributed by atoms with Crippen LogP contribution in [0.25, 0.3) is 0 Å². The largest absolute Gasteiger partial charge is 0.466 e. The normalized spacial score (nSPS) is 15.5. The van der Waals surface area contributed by atoms with Crippen LogP contribution < -0.4 is 0 Å². The second-order valence-corrected chi connectivity index (χ2v) is 6.47. The van der Waals surface area contributed by atoms with E-state index in [0.29, 0.717) is 55.4 Å². The van der Waals surface area contributed by atoms with Gasteiger partial charge in [-0.3, -0.25) is 9.59 Å². The molecule has 1 fully saturated rings. The first-order valence-corrected chi connectivity index (χ1v) is 8.65. The Morgan fingerprint density at radius 3 is 2.52 bits per heavy atom. The van der Waals surface area contributed by atoms with Crippen molar-refractivity contribution in [1.82, 2.24) is 4.90 Å². The van der Waals surface area contributed by atoms with Gasteiger partial charge in [0.1, 0.15) is 0 Å². The predicted molar refractivity (Wildman–Crippen MR) is 90.7 cm³/mol. The molecule has 0 N–H and O–H groups in total. The molecule has 0 aromatic heterocycles. The van der Waals surface area contributed by atoms with E-state index in [0.717, 1.165) is 5.56 Å². The van der Waals surface area contributed by atoms with Gasteiger partial charge >= 0.3 is 5.97 Å². The summed E-state index contributed by atoms with van der Waals surface area (Å²) in [6.07, 6.45) is 2.42. The Balaban J connectivity index is 1.79. The Bertz CT molecular complexity index is 569. The van der Waals surface area contributed by atoms with E-state index in [4.69, 9.17) is 27.9 Å². The van der Waals surface area contributed by atoms with Crippen LogP contribution in [-0.2, 0) is 20.7 Å². The lowest BCUT2D eigenvalue weighted by Gasteiger charge is -2.31. The van der Waals surface area contributed by atoms with E-state index in [-0.39, 0.29) is 17.8 Å². The van der Waals surface area contributed by atoms with Gasteiger partial charge in [0.2, 0.25) is 5.91 Å². The smallest absolute Gasteiger partial charge is 0.309 e. The summed E-state index contributed by atoms with van der Waals surface area (Å²) >= 11 is 11.9. The molecular weight excluding hydrogens is 337 g/mol. The highest BCUT2D eigenvalue weighted by molar-refractivity contribution is 6.42. The summed E-state index contributed by atoms with van der Waals surface area (Å²) in [6, 6.07) is 5.42. The molecule has 0 radical (unpaired) electrons. The summed E-state index contributed by atoms with van der Waals surface area (Å²) in [5.74, 6) is -0.108. The van der Waals surface area contributed by atoms with Crippen molar-refractivity contribution in [3.05, 3.63) is 33.8 Å². The molecular formula is C17H21Cl2NO3. The first-order valence-electron chi connectivity index (χ1n) is 7.89. The van der Waals surface area contributed by atoms with Gasteiger partial charge in [-0.2, -0.15) is 0 Å². The number of carbonyl (C=O) groups is 2. The summed E-state index contributed by atoms with van der Waals surface area (Å²) in [7, 11) is 0. The number of likely N-dealkylation sites (tertiary alicyclic amines) is 1. The van der Waals surface area contributed by atoms with E-state index in [2.05, 4.69) is 0 Å². The molecule has 1 heterocycles. The van der Waals surface area contributed by atoms with E-state index in [1.54, 1.807) is 19.1 Å². The molecule has 1 amide bonds. The molecule has 23 heavy (non-hydrogen) atoms. The summed E-state index contributed by atoms with van der Waals surface area (Å²) in [5.41, 5.74) is 0.995. The van der Waals surface area contributed by atoms with E-state index >= 15 is 0 Å². The number of esters is 1. The fraction of sp³-hybridized carbons (Fsp3) is 0.529. The maximum atomic E-state index is 12.3. The zero-order valence-corrected chi connectivity index (χ0v) is 14.7. The highest BCUT2D eigenvalue weighted by atomic mass is 35.5. The molecule has 0 atom stereocenters. The first-order chi connectivity index (χ1) is 11.0. The Labute approximate surface area is 146 Å². The van der Waals surface area contributed by atoms with Crippen LogP contribution in [0.3, 0.4) is 0 Å². The Hall–Kier alpha value is -1.26. The number of carbonyl (C=O) groups excluding carboxylic acids is 2. The Morgan fingerprint density at radius 1 is 1.22 bits per heavy atom. The molecule has 0 spiro atoms. The van der Waals surface area contributed by atoms with Gasteiger partial charge in [-0.05, 0) is 43.9 Å². The fourth-order valence-corrected chi connectivity index (χ4v) is 3.05. The molecule has 0 saturated carbocycles. The molecule has 2 rings (SSSR count). The summed E-state index contributed by atoms with van der Waals surface area (Å²) in [6.45, 7) is 3.44. The number of rotatable bonds is 5. The van der Waals surface area contributed by atoms with Gasteiger partial charge in [0.25, 0.3) is 0 Å². The topological polar surface area (TPSA) is 46.6 Å². The summed E-state index contributed by atoms with van der Waals surface area (Å²) in [4.78, 5) is 25.8. The van der Waals surface area contributed by atoms with Gasteiger partial charge in [0.05, 0.1) is 22.6 Å². The second kappa shape index (κ2) is 8.55. The van der Waals surface area contributed by atoms with Crippen LogP contribution >= 0.6 is 23.2 Å². The van der Waals surface area contributed by atoms with Gasteiger partial charge in [0, 0.05) is 19.5 Å². The first kappa shape index (κ1) is 18.1. The fourth-order valence-electron chi connectivity index (χ4n) is 2.73. The number of hydrogen-bond acceptors (Lipinski definition) is 3. The van der Waals surface area contributed by atoms with Crippen molar-refractivity contribution in [2.75, 3.05) is 19.7 Å². The lowest BCUT2D eigenvalue weighted by Crippen LogP contribution is -2.40. The zero-order chi connectivity index (χ0) is 16.8. The number of nitrogens with zero attached hydrogens (tertiary/aromatic N) is 1. The minimum Gasteiger partial charge on any atom is -0.466 e. The summed E-state index contributed by atoms with van der Waals surface area (Å²) < 4.78 is 5.04. The number of halogens is 2.